The molecule has 0 heterocycles. The summed E-state index contributed by atoms with van der Waals surface area (Å²) < 4.78 is 0. The van der Waals surface area contributed by atoms with E-state index in [0.717, 1.165) is 32.1 Å². The summed E-state index contributed by atoms with van der Waals surface area (Å²) in [5.41, 5.74) is -0.0550. The van der Waals surface area contributed by atoms with Crippen molar-refractivity contribution in [3.63, 3.8) is 0 Å². The van der Waals surface area contributed by atoms with Gasteiger partial charge >= 0.3 is 5.97 Å². The highest BCUT2D eigenvalue weighted by Gasteiger charge is 2.68. The first kappa shape index (κ1) is 7.14. The number of aliphatic carboxylic acids is 1. The molecule has 0 radical (unpaired) electrons. The minimum absolute atomic E-state index is 0.221. The molecule has 0 saturated heterocycles. The van der Waals surface area contributed by atoms with E-state index in [2.05, 4.69) is 6.92 Å². The van der Waals surface area contributed by atoms with E-state index in [9.17, 15) is 4.79 Å². The van der Waals surface area contributed by atoms with Gasteiger partial charge in [-0.15, -0.1) is 0 Å². The topological polar surface area (TPSA) is 37.3 Å². The average Bonchev–Trinajstić information content (AvgIpc) is 2.84. The molecule has 0 aromatic carbocycles. The van der Waals surface area contributed by atoms with Gasteiger partial charge < -0.3 is 5.11 Å². The number of hydrogen-bond acceptors (Lipinski definition) is 1. The minimum atomic E-state index is -0.545. The third kappa shape index (κ3) is 0.700. The molecule has 0 aliphatic heterocycles. The molecule has 2 heteroatoms. The maximum Gasteiger partial charge on any atom is 0.310 e. The second-order valence-electron chi connectivity index (χ2n) is 4.02. The molecular weight excluding hydrogens is 140 g/mol. The Bertz CT molecular complexity index is 200. The van der Waals surface area contributed by atoms with Gasteiger partial charge in [0.15, 0.2) is 0 Å². The number of carboxylic acid groups (broad SMARTS) is 1. The lowest BCUT2D eigenvalue weighted by molar-refractivity contribution is -0.146. The third-order valence-electron chi connectivity index (χ3n) is 3.70. The van der Waals surface area contributed by atoms with Crippen molar-refractivity contribution in [1.29, 1.82) is 0 Å². The highest BCUT2D eigenvalue weighted by molar-refractivity contribution is 5.79. The molecule has 2 aliphatic rings. The van der Waals surface area contributed by atoms with Crippen LogP contribution in [-0.4, -0.2) is 11.1 Å². The van der Waals surface area contributed by atoms with E-state index in [1.165, 1.54) is 0 Å². The molecule has 0 bridgehead atoms. The monoisotopic (exact) mass is 154 g/mol. The molecule has 11 heavy (non-hydrogen) atoms. The van der Waals surface area contributed by atoms with Crippen molar-refractivity contribution in [3.05, 3.63) is 0 Å². The Hall–Kier alpha value is -0.530. The Labute approximate surface area is 66.6 Å². The molecule has 2 saturated carbocycles. The van der Waals surface area contributed by atoms with Crippen LogP contribution in [0.2, 0.25) is 0 Å². The maximum absolute atomic E-state index is 10.9. The Balaban J connectivity index is 2.20. The first-order chi connectivity index (χ1) is 5.17. The highest BCUT2D eigenvalue weighted by Crippen LogP contribution is 2.71. The zero-order valence-corrected chi connectivity index (χ0v) is 6.89. The Morgan fingerprint density at radius 2 is 1.91 bits per heavy atom. The van der Waals surface area contributed by atoms with Gasteiger partial charge in [0.1, 0.15) is 0 Å². The molecule has 1 N–H and O–H groups in total. The van der Waals surface area contributed by atoms with Crippen LogP contribution in [0.4, 0.5) is 0 Å². The quantitative estimate of drug-likeness (QED) is 0.675. The summed E-state index contributed by atoms with van der Waals surface area (Å²) in [5.74, 6) is -0.545. The fourth-order valence-corrected chi connectivity index (χ4v) is 2.42. The molecule has 0 atom stereocenters. The van der Waals surface area contributed by atoms with Gasteiger partial charge in [-0.05, 0) is 37.5 Å². The van der Waals surface area contributed by atoms with Gasteiger partial charge in [-0.25, -0.2) is 0 Å². The smallest absolute Gasteiger partial charge is 0.310 e. The van der Waals surface area contributed by atoms with Crippen molar-refractivity contribution in [1.82, 2.24) is 0 Å². The summed E-state index contributed by atoms with van der Waals surface area (Å²) in [6, 6.07) is 0. The Morgan fingerprint density at radius 3 is 2.00 bits per heavy atom. The first-order valence-electron chi connectivity index (χ1n) is 4.40. The van der Waals surface area contributed by atoms with Gasteiger partial charge in [-0.2, -0.15) is 0 Å². The summed E-state index contributed by atoms with van der Waals surface area (Å²) in [4.78, 5) is 10.9. The van der Waals surface area contributed by atoms with Gasteiger partial charge in [0.2, 0.25) is 0 Å². The average molecular weight is 154 g/mol. The van der Waals surface area contributed by atoms with Gasteiger partial charge in [-0.3, -0.25) is 4.79 Å². The normalized spacial score (nSPS) is 29.5. The Kier molecular flexibility index (Phi) is 1.16. The van der Waals surface area contributed by atoms with E-state index in [1.807, 2.05) is 0 Å². The van der Waals surface area contributed by atoms with Crippen molar-refractivity contribution < 1.29 is 9.90 Å². The number of hydrogen-bond donors (Lipinski definition) is 1. The van der Waals surface area contributed by atoms with Crippen LogP contribution >= 0.6 is 0 Å². The van der Waals surface area contributed by atoms with Crippen LogP contribution in [0.1, 0.15) is 39.0 Å². The standard InChI is InChI=1S/C9H14O2/c1-2-8(3-4-8)9(5-6-9)7(10)11/h2-6H2,1H3,(H,10,11). The van der Waals surface area contributed by atoms with Crippen molar-refractivity contribution in [2.75, 3.05) is 0 Å². The fraction of sp³-hybridized carbons (Fsp3) is 0.889. The predicted octanol–water partition coefficient (Wildman–Crippen LogP) is 2.04. The van der Waals surface area contributed by atoms with Crippen LogP contribution in [-0.2, 0) is 4.79 Å². The molecular formula is C9H14O2. The van der Waals surface area contributed by atoms with Crippen molar-refractivity contribution in [2.45, 2.75) is 39.0 Å². The lowest BCUT2D eigenvalue weighted by Crippen LogP contribution is -2.26. The molecule has 2 nitrogen and oxygen atoms in total. The van der Waals surface area contributed by atoms with Crippen LogP contribution in [0.5, 0.6) is 0 Å². The zero-order valence-electron chi connectivity index (χ0n) is 6.89. The van der Waals surface area contributed by atoms with Gasteiger partial charge in [-0.1, -0.05) is 6.92 Å². The summed E-state index contributed by atoms with van der Waals surface area (Å²) >= 11 is 0. The van der Waals surface area contributed by atoms with Crippen molar-refractivity contribution >= 4 is 5.97 Å². The molecule has 0 aromatic rings. The molecule has 2 fully saturated rings. The summed E-state index contributed by atoms with van der Waals surface area (Å²) in [6.45, 7) is 2.12. The van der Waals surface area contributed by atoms with Crippen LogP contribution in [0, 0.1) is 10.8 Å². The Morgan fingerprint density at radius 1 is 1.36 bits per heavy atom. The van der Waals surface area contributed by atoms with Crippen molar-refractivity contribution in [3.8, 4) is 0 Å². The number of carboxylic acids is 1. The largest absolute Gasteiger partial charge is 0.481 e. The second kappa shape index (κ2) is 1.79. The van der Waals surface area contributed by atoms with Gasteiger partial charge in [0.25, 0.3) is 0 Å². The minimum Gasteiger partial charge on any atom is -0.481 e. The van der Waals surface area contributed by atoms with E-state index >= 15 is 0 Å². The fourth-order valence-electron chi connectivity index (χ4n) is 2.42. The lowest BCUT2D eigenvalue weighted by atomic mass is 9.83. The molecule has 0 spiro atoms. The zero-order chi connectivity index (χ0) is 8.11. The van der Waals surface area contributed by atoms with E-state index < -0.39 is 5.97 Å². The van der Waals surface area contributed by atoms with E-state index in [1.54, 1.807) is 0 Å². The molecule has 62 valence electrons. The highest BCUT2D eigenvalue weighted by atomic mass is 16.4. The lowest BCUT2D eigenvalue weighted by Gasteiger charge is -2.20. The van der Waals surface area contributed by atoms with Crippen LogP contribution < -0.4 is 0 Å². The summed E-state index contributed by atoms with van der Waals surface area (Å²) in [7, 11) is 0. The molecule has 0 amide bonds. The van der Waals surface area contributed by atoms with Crippen LogP contribution in [0.15, 0.2) is 0 Å². The van der Waals surface area contributed by atoms with Crippen LogP contribution in [0.3, 0.4) is 0 Å². The van der Waals surface area contributed by atoms with Gasteiger partial charge in [0.05, 0.1) is 5.41 Å². The predicted molar refractivity (Wildman–Crippen MR) is 41.3 cm³/mol. The third-order valence-corrected chi connectivity index (χ3v) is 3.70. The first-order valence-corrected chi connectivity index (χ1v) is 4.40. The number of rotatable bonds is 3. The summed E-state index contributed by atoms with van der Waals surface area (Å²) in [6.07, 6.45) is 5.21. The summed E-state index contributed by atoms with van der Waals surface area (Å²) in [5, 5.41) is 9.01. The van der Waals surface area contributed by atoms with Crippen LogP contribution in [0.25, 0.3) is 0 Å². The van der Waals surface area contributed by atoms with E-state index in [0.29, 0.717) is 0 Å². The molecule has 0 aromatic heterocycles. The molecule has 0 unspecified atom stereocenters. The van der Waals surface area contributed by atoms with Crippen molar-refractivity contribution in [2.24, 2.45) is 10.8 Å². The van der Waals surface area contributed by atoms with E-state index in [-0.39, 0.29) is 10.8 Å². The maximum atomic E-state index is 10.9. The molecule has 2 aliphatic carbocycles. The van der Waals surface area contributed by atoms with Gasteiger partial charge in [0, 0.05) is 0 Å². The van der Waals surface area contributed by atoms with E-state index in [4.69, 9.17) is 5.11 Å². The molecule has 2 rings (SSSR count). The second-order valence-corrected chi connectivity index (χ2v) is 4.02. The number of carbonyl (C=O) groups is 1. The SMILES string of the molecule is CCC1(C2(C(=O)O)CC2)CC1.